The molecule has 0 saturated heterocycles. The van der Waals surface area contributed by atoms with Crippen LogP contribution in [0.3, 0.4) is 0 Å². The van der Waals surface area contributed by atoms with Crippen molar-refractivity contribution in [3.8, 4) is 0 Å². The van der Waals surface area contributed by atoms with Crippen LogP contribution in [0.15, 0.2) is 0 Å². The van der Waals surface area contributed by atoms with Crippen LogP contribution in [0.2, 0.25) is 0 Å². The van der Waals surface area contributed by atoms with E-state index in [1.165, 1.54) is 0 Å². The third kappa shape index (κ3) is 20.1. The van der Waals surface area contributed by atoms with Crippen molar-refractivity contribution in [1.29, 1.82) is 0 Å². The van der Waals surface area contributed by atoms with Gasteiger partial charge in [-0.2, -0.15) is 0 Å². The molecule has 1 unspecified atom stereocenters. The van der Waals surface area contributed by atoms with Crippen LogP contribution in [0.25, 0.3) is 0 Å². The van der Waals surface area contributed by atoms with E-state index in [2.05, 4.69) is 18.4 Å². The van der Waals surface area contributed by atoms with E-state index < -0.39 is 51.8 Å². The number of carbonyl (C=O) groups is 2. The van der Waals surface area contributed by atoms with E-state index in [-0.39, 0.29) is 19.4 Å². The molecule has 10 nitrogen and oxygen atoms in total. The largest absolute Gasteiger partial charge is 0.472 e. The van der Waals surface area contributed by atoms with Gasteiger partial charge in [0.05, 0.1) is 19.8 Å². The average molecular weight is 499 g/mol. The van der Waals surface area contributed by atoms with Crippen molar-refractivity contribution in [3.05, 3.63) is 0 Å². The van der Waals surface area contributed by atoms with Gasteiger partial charge in [0.15, 0.2) is 6.10 Å². The van der Waals surface area contributed by atoms with Crippen LogP contribution in [0.1, 0.15) is 90.9 Å². The second-order valence-electron chi connectivity index (χ2n) is 8.02. The van der Waals surface area contributed by atoms with Crippen LogP contribution in [0.4, 0.5) is 0 Å². The third-order valence-corrected chi connectivity index (χ3v) is 5.71. The molecule has 0 aliphatic heterocycles. The molecule has 0 aliphatic carbocycles. The van der Waals surface area contributed by atoms with Crippen LogP contribution in [-0.4, -0.2) is 65.7 Å². The molecule has 33 heavy (non-hydrogen) atoms. The van der Waals surface area contributed by atoms with Crippen LogP contribution < -0.4 is 0 Å². The lowest BCUT2D eigenvalue weighted by molar-refractivity contribution is -0.161. The van der Waals surface area contributed by atoms with Crippen molar-refractivity contribution in [2.24, 2.45) is 0 Å². The van der Waals surface area contributed by atoms with Gasteiger partial charge >= 0.3 is 19.8 Å². The molecule has 0 spiro atoms. The molecule has 0 aromatic heterocycles. The maximum atomic E-state index is 12.2. The monoisotopic (exact) mass is 498 g/mol. The first-order valence-corrected chi connectivity index (χ1v) is 13.5. The smallest absolute Gasteiger partial charge is 0.462 e. The molecule has 196 valence electrons. The average Bonchev–Trinajstić information content (AvgIpc) is 2.79. The third-order valence-electron chi connectivity index (χ3n) is 4.76. The van der Waals surface area contributed by atoms with E-state index in [0.29, 0.717) is 12.8 Å². The Morgan fingerprint density at radius 3 is 1.91 bits per heavy atom. The normalized spacial score (nSPS) is 14.9. The Labute approximate surface area is 197 Å². The minimum atomic E-state index is -4.57. The minimum absolute atomic E-state index is 0.184. The van der Waals surface area contributed by atoms with E-state index in [9.17, 15) is 24.2 Å². The molecule has 3 N–H and O–H groups in total. The van der Waals surface area contributed by atoms with Crippen molar-refractivity contribution in [3.63, 3.8) is 0 Å². The molecular formula is C22H43O10P. The highest BCUT2D eigenvalue weighted by atomic mass is 31.2. The van der Waals surface area contributed by atoms with Crippen LogP contribution in [-0.2, 0) is 32.7 Å². The molecule has 11 heteroatoms. The SMILES string of the molecule is CCCCCCCCC(=O)O[C@H](COC(=O)CCCCCC)COP(=O)(O)OC[C@@H](O)CO. The number of phosphoric ester groups is 1. The number of hydrogen-bond acceptors (Lipinski definition) is 9. The molecule has 0 rings (SSSR count). The van der Waals surface area contributed by atoms with Crippen molar-refractivity contribution in [1.82, 2.24) is 0 Å². The number of carbonyl (C=O) groups excluding carboxylic acids is 2. The van der Waals surface area contributed by atoms with Gasteiger partial charge < -0.3 is 24.6 Å². The zero-order valence-corrected chi connectivity index (χ0v) is 21.0. The topological polar surface area (TPSA) is 149 Å². The highest BCUT2D eigenvalue weighted by Crippen LogP contribution is 2.43. The fourth-order valence-corrected chi connectivity index (χ4v) is 3.60. The fraction of sp³-hybridized carbons (Fsp3) is 0.909. The molecule has 0 aromatic rings. The summed E-state index contributed by atoms with van der Waals surface area (Å²) in [5, 5.41) is 18.0. The highest BCUT2D eigenvalue weighted by Gasteiger charge is 2.27. The van der Waals surface area contributed by atoms with Crippen LogP contribution in [0.5, 0.6) is 0 Å². The lowest BCUT2D eigenvalue weighted by atomic mass is 10.1. The molecule has 3 atom stereocenters. The summed E-state index contributed by atoms with van der Waals surface area (Å²) in [4.78, 5) is 33.8. The second kappa shape index (κ2) is 20.4. The Morgan fingerprint density at radius 1 is 0.788 bits per heavy atom. The summed E-state index contributed by atoms with van der Waals surface area (Å²) in [5.41, 5.74) is 0. The van der Waals surface area contributed by atoms with E-state index in [4.69, 9.17) is 19.1 Å². The Hall–Kier alpha value is -1.03. The van der Waals surface area contributed by atoms with Crippen molar-refractivity contribution in [2.75, 3.05) is 26.4 Å². The lowest BCUT2D eigenvalue weighted by Gasteiger charge is -2.20. The molecule has 0 aliphatic rings. The standard InChI is InChI=1S/C22H43O10P/c1-3-5-7-9-10-12-14-22(26)32-20(17-29-21(25)13-11-8-6-4-2)18-31-33(27,28)30-16-19(24)15-23/h19-20,23-24H,3-18H2,1-2H3,(H,27,28)/t19-,20+/m0/s1. The maximum Gasteiger partial charge on any atom is 0.472 e. The molecule has 0 saturated carbocycles. The van der Waals surface area contributed by atoms with Crippen LogP contribution in [0, 0.1) is 0 Å². The van der Waals surface area contributed by atoms with E-state index in [1.807, 2.05) is 0 Å². The van der Waals surface area contributed by atoms with E-state index in [1.54, 1.807) is 0 Å². The fourth-order valence-electron chi connectivity index (χ4n) is 2.81. The molecule has 0 amide bonds. The van der Waals surface area contributed by atoms with Gasteiger partial charge in [-0.05, 0) is 12.8 Å². The van der Waals surface area contributed by atoms with Gasteiger partial charge in [0.2, 0.25) is 0 Å². The predicted octanol–water partition coefficient (Wildman–Crippen LogP) is 3.65. The quantitative estimate of drug-likeness (QED) is 0.115. The van der Waals surface area contributed by atoms with Crippen molar-refractivity contribution >= 4 is 19.8 Å². The molecule has 0 aromatic carbocycles. The summed E-state index contributed by atoms with van der Waals surface area (Å²) >= 11 is 0. The van der Waals surface area contributed by atoms with Gasteiger partial charge in [0.25, 0.3) is 0 Å². The predicted molar refractivity (Wildman–Crippen MR) is 122 cm³/mol. The summed E-state index contributed by atoms with van der Waals surface area (Å²) in [7, 11) is -4.57. The Balaban J connectivity index is 4.59. The maximum absolute atomic E-state index is 12.2. The van der Waals surface area contributed by atoms with Crippen molar-refractivity contribution < 1.29 is 47.8 Å². The first kappa shape index (κ1) is 32.0. The first-order valence-electron chi connectivity index (χ1n) is 12.0. The van der Waals surface area contributed by atoms with E-state index >= 15 is 0 Å². The van der Waals surface area contributed by atoms with Gasteiger partial charge in [-0.3, -0.25) is 18.6 Å². The van der Waals surface area contributed by atoms with Gasteiger partial charge in [-0.15, -0.1) is 0 Å². The summed E-state index contributed by atoms with van der Waals surface area (Å²) in [6.07, 6.45) is 7.68. The number of esters is 2. The Morgan fingerprint density at radius 2 is 1.30 bits per heavy atom. The first-order chi connectivity index (χ1) is 15.7. The number of phosphoric acid groups is 1. The zero-order valence-electron chi connectivity index (χ0n) is 20.1. The number of unbranched alkanes of at least 4 members (excludes halogenated alkanes) is 8. The zero-order chi connectivity index (χ0) is 25.0. The second-order valence-corrected chi connectivity index (χ2v) is 9.47. The summed E-state index contributed by atoms with van der Waals surface area (Å²) in [6.45, 7) is 2.09. The van der Waals surface area contributed by atoms with Gasteiger partial charge in [0, 0.05) is 12.8 Å². The molecule has 0 heterocycles. The molecule has 0 fully saturated rings. The van der Waals surface area contributed by atoms with Gasteiger partial charge in [-0.25, -0.2) is 4.57 Å². The Kier molecular flexibility index (Phi) is 19.7. The summed E-state index contributed by atoms with van der Waals surface area (Å²) < 4.78 is 31.8. The number of rotatable bonds is 22. The van der Waals surface area contributed by atoms with Crippen molar-refractivity contribution in [2.45, 2.75) is 103 Å². The van der Waals surface area contributed by atoms with Gasteiger partial charge in [0.1, 0.15) is 12.7 Å². The summed E-state index contributed by atoms with van der Waals surface area (Å²) in [6, 6.07) is 0. The lowest BCUT2D eigenvalue weighted by Crippen LogP contribution is -2.29. The number of ether oxygens (including phenoxy) is 2. The summed E-state index contributed by atoms with van der Waals surface area (Å²) in [5.74, 6) is -0.958. The number of hydrogen-bond donors (Lipinski definition) is 3. The highest BCUT2D eigenvalue weighted by molar-refractivity contribution is 7.47. The molecule has 0 bridgehead atoms. The molecule has 0 radical (unpaired) electrons. The number of aliphatic hydroxyl groups excluding tert-OH is 2. The van der Waals surface area contributed by atoms with Crippen LogP contribution >= 0.6 is 7.82 Å². The minimum Gasteiger partial charge on any atom is -0.462 e. The molecular weight excluding hydrogens is 455 g/mol. The Bertz CT molecular complexity index is 557. The van der Waals surface area contributed by atoms with Gasteiger partial charge in [-0.1, -0.05) is 65.2 Å². The number of aliphatic hydroxyl groups is 2. The van der Waals surface area contributed by atoms with E-state index in [0.717, 1.165) is 51.4 Å².